The summed E-state index contributed by atoms with van der Waals surface area (Å²) < 4.78 is 0. The minimum absolute atomic E-state index is 0.0610. The van der Waals surface area contributed by atoms with E-state index >= 15 is 0 Å². The van der Waals surface area contributed by atoms with Crippen LogP contribution in [0, 0.1) is 5.41 Å². The highest BCUT2D eigenvalue weighted by atomic mass is 16.2. The maximum absolute atomic E-state index is 13.0. The van der Waals surface area contributed by atoms with Crippen molar-refractivity contribution in [3.8, 4) is 0 Å². The van der Waals surface area contributed by atoms with Gasteiger partial charge in [0.05, 0.1) is 5.41 Å². The smallest absolute Gasteiger partial charge is 0.230 e. The van der Waals surface area contributed by atoms with Crippen LogP contribution in [0.1, 0.15) is 56.4 Å². The second-order valence-corrected chi connectivity index (χ2v) is 7.73. The molecule has 4 rings (SSSR count). The van der Waals surface area contributed by atoms with Crippen LogP contribution in [-0.4, -0.2) is 36.5 Å². The Morgan fingerprint density at radius 1 is 1.04 bits per heavy atom. The van der Waals surface area contributed by atoms with Crippen molar-refractivity contribution in [1.82, 2.24) is 10.2 Å². The van der Waals surface area contributed by atoms with Crippen LogP contribution in [0.3, 0.4) is 0 Å². The van der Waals surface area contributed by atoms with Crippen LogP contribution < -0.4 is 5.32 Å². The highest BCUT2D eigenvalue weighted by Gasteiger charge is 2.48. The molecular weight excluding hydrogens is 284 g/mol. The lowest BCUT2D eigenvalue weighted by Gasteiger charge is -2.37. The van der Waals surface area contributed by atoms with E-state index in [9.17, 15) is 4.79 Å². The number of nitrogens with one attached hydrogen (secondary N) is 1. The van der Waals surface area contributed by atoms with E-state index < -0.39 is 0 Å². The maximum atomic E-state index is 13.0. The predicted molar refractivity (Wildman–Crippen MR) is 92.3 cm³/mol. The highest BCUT2D eigenvalue weighted by Crippen LogP contribution is 2.42. The van der Waals surface area contributed by atoms with Gasteiger partial charge in [-0.3, -0.25) is 4.79 Å². The first-order valence-electron chi connectivity index (χ1n) is 9.35. The van der Waals surface area contributed by atoms with Gasteiger partial charge in [0, 0.05) is 19.1 Å². The van der Waals surface area contributed by atoms with Gasteiger partial charge in [0.2, 0.25) is 5.91 Å². The van der Waals surface area contributed by atoms with Gasteiger partial charge in [-0.05, 0) is 63.0 Å². The molecule has 1 spiro atoms. The molecule has 2 heterocycles. The third kappa shape index (κ3) is 2.80. The van der Waals surface area contributed by atoms with E-state index in [2.05, 4.69) is 40.5 Å². The van der Waals surface area contributed by atoms with Crippen molar-refractivity contribution in [3.63, 3.8) is 0 Å². The van der Waals surface area contributed by atoms with Gasteiger partial charge in [-0.2, -0.15) is 0 Å². The SMILES string of the molecule is O=C1N(C2CCC(c3ccccc3)CC2)CC[C@@]12CCCNC2. The Kier molecular flexibility index (Phi) is 4.14. The third-order valence-electron chi connectivity index (χ3n) is 6.43. The van der Waals surface area contributed by atoms with Crippen molar-refractivity contribution in [1.29, 1.82) is 0 Å². The van der Waals surface area contributed by atoms with Crippen LogP contribution >= 0.6 is 0 Å². The Balaban J connectivity index is 1.38. The van der Waals surface area contributed by atoms with Crippen molar-refractivity contribution in [2.75, 3.05) is 19.6 Å². The van der Waals surface area contributed by atoms with E-state index in [1.54, 1.807) is 0 Å². The zero-order chi connectivity index (χ0) is 15.7. The summed E-state index contributed by atoms with van der Waals surface area (Å²) >= 11 is 0. The molecule has 2 aliphatic heterocycles. The largest absolute Gasteiger partial charge is 0.339 e. The second-order valence-electron chi connectivity index (χ2n) is 7.73. The molecule has 124 valence electrons. The molecule has 1 aromatic carbocycles. The molecular formula is C20H28N2O. The molecule has 23 heavy (non-hydrogen) atoms. The van der Waals surface area contributed by atoms with Crippen LogP contribution in [-0.2, 0) is 4.79 Å². The highest BCUT2D eigenvalue weighted by molar-refractivity contribution is 5.85. The van der Waals surface area contributed by atoms with Gasteiger partial charge >= 0.3 is 0 Å². The van der Waals surface area contributed by atoms with E-state index in [0.29, 0.717) is 17.9 Å². The number of benzene rings is 1. The van der Waals surface area contributed by atoms with E-state index in [0.717, 1.165) is 38.9 Å². The molecule has 1 N–H and O–H groups in total. The molecule has 1 amide bonds. The number of carbonyl (C=O) groups is 1. The quantitative estimate of drug-likeness (QED) is 0.908. The van der Waals surface area contributed by atoms with Crippen LogP contribution in [0.15, 0.2) is 30.3 Å². The molecule has 1 aromatic rings. The molecule has 1 aliphatic carbocycles. The molecule has 3 aliphatic rings. The predicted octanol–water partition coefficient (Wildman–Crippen LogP) is 3.31. The minimum Gasteiger partial charge on any atom is -0.339 e. The van der Waals surface area contributed by atoms with Gasteiger partial charge in [0.25, 0.3) is 0 Å². The number of rotatable bonds is 2. The van der Waals surface area contributed by atoms with E-state index in [1.165, 1.54) is 31.2 Å². The van der Waals surface area contributed by atoms with E-state index in [4.69, 9.17) is 0 Å². The second kappa shape index (κ2) is 6.27. The van der Waals surface area contributed by atoms with E-state index in [1.807, 2.05) is 0 Å². The molecule has 0 aromatic heterocycles. The molecule has 3 nitrogen and oxygen atoms in total. The minimum atomic E-state index is -0.0610. The van der Waals surface area contributed by atoms with Gasteiger partial charge in [-0.25, -0.2) is 0 Å². The van der Waals surface area contributed by atoms with E-state index in [-0.39, 0.29) is 5.41 Å². The lowest BCUT2D eigenvalue weighted by atomic mass is 9.78. The zero-order valence-electron chi connectivity index (χ0n) is 14.0. The normalized spacial score (nSPS) is 35.0. The summed E-state index contributed by atoms with van der Waals surface area (Å²) in [6.07, 6.45) is 8.11. The van der Waals surface area contributed by atoms with Gasteiger partial charge in [0.15, 0.2) is 0 Å². The fourth-order valence-electron chi connectivity index (χ4n) is 5.01. The van der Waals surface area contributed by atoms with Gasteiger partial charge in [-0.1, -0.05) is 30.3 Å². The van der Waals surface area contributed by atoms with Gasteiger partial charge in [0.1, 0.15) is 0 Å². The van der Waals surface area contributed by atoms with Crippen LogP contribution in [0.25, 0.3) is 0 Å². The monoisotopic (exact) mass is 312 g/mol. The topological polar surface area (TPSA) is 32.3 Å². The lowest BCUT2D eigenvalue weighted by molar-refractivity contribution is -0.139. The Labute approximate surface area is 139 Å². The zero-order valence-corrected chi connectivity index (χ0v) is 14.0. The summed E-state index contributed by atoms with van der Waals surface area (Å²) in [5.74, 6) is 1.14. The molecule has 2 saturated heterocycles. The summed E-state index contributed by atoms with van der Waals surface area (Å²) in [6.45, 7) is 2.97. The summed E-state index contributed by atoms with van der Waals surface area (Å²) in [5.41, 5.74) is 1.42. The van der Waals surface area contributed by atoms with Crippen molar-refractivity contribution in [2.45, 2.75) is 56.9 Å². The molecule has 0 radical (unpaired) electrons. The van der Waals surface area contributed by atoms with Crippen LogP contribution in [0.5, 0.6) is 0 Å². The van der Waals surface area contributed by atoms with Crippen LogP contribution in [0.4, 0.5) is 0 Å². The molecule has 0 bridgehead atoms. The van der Waals surface area contributed by atoms with Gasteiger partial charge in [-0.15, -0.1) is 0 Å². The summed E-state index contributed by atoms with van der Waals surface area (Å²) in [6, 6.07) is 11.4. The molecule has 3 heteroatoms. The average Bonchev–Trinajstić information content (AvgIpc) is 2.93. The number of nitrogens with zero attached hydrogens (tertiary/aromatic N) is 1. The number of hydrogen-bond acceptors (Lipinski definition) is 2. The third-order valence-corrected chi connectivity index (χ3v) is 6.43. The molecule has 0 unspecified atom stereocenters. The Morgan fingerprint density at radius 2 is 1.83 bits per heavy atom. The summed E-state index contributed by atoms with van der Waals surface area (Å²) in [7, 11) is 0. The molecule has 1 saturated carbocycles. The molecule has 1 atom stereocenters. The Bertz CT molecular complexity index is 542. The first kappa shape index (κ1) is 15.2. The fourth-order valence-corrected chi connectivity index (χ4v) is 5.01. The average molecular weight is 312 g/mol. The summed E-state index contributed by atoms with van der Waals surface area (Å²) in [4.78, 5) is 15.3. The van der Waals surface area contributed by atoms with Crippen molar-refractivity contribution >= 4 is 5.91 Å². The molecule has 3 fully saturated rings. The maximum Gasteiger partial charge on any atom is 0.230 e. The Morgan fingerprint density at radius 3 is 2.52 bits per heavy atom. The van der Waals surface area contributed by atoms with Crippen LogP contribution in [0.2, 0.25) is 0 Å². The first-order valence-corrected chi connectivity index (χ1v) is 9.35. The first-order chi connectivity index (χ1) is 11.3. The summed E-state index contributed by atoms with van der Waals surface area (Å²) in [5, 5.41) is 3.45. The number of likely N-dealkylation sites (tertiary alicyclic amines) is 1. The standard InChI is InChI=1S/C20H28N2O/c23-19-20(11-4-13-21-15-20)12-14-22(19)18-9-7-17(8-10-18)16-5-2-1-3-6-16/h1-3,5-6,17-18,21H,4,7-15H2/t17?,18?,20-/m1/s1. The lowest BCUT2D eigenvalue weighted by Crippen LogP contribution is -2.48. The number of piperidine rings is 1. The Hall–Kier alpha value is -1.35. The van der Waals surface area contributed by atoms with Crippen molar-refractivity contribution in [2.24, 2.45) is 5.41 Å². The fraction of sp³-hybridized carbons (Fsp3) is 0.650. The van der Waals surface area contributed by atoms with Gasteiger partial charge < -0.3 is 10.2 Å². The number of amides is 1. The number of carbonyl (C=O) groups excluding carboxylic acids is 1. The number of hydrogen-bond donors (Lipinski definition) is 1. The van der Waals surface area contributed by atoms with Crippen molar-refractivity contribution in [3.05, 3.63) is 35.9 Å². The van der Waals surface area contributed by atoms with Crippen molar-refractivity contribution < 1.29 is 4.79 Å².